The average Bonchev–Trinajstić information content (AvgIpc) is 3.10. The first-order chi connectivity index (χ1) is 11.7. The van der Waals surface area contributed by atoms with E-state index in [-0.39, 0.29) is 0 Å². The van der Waals surface area contributed by atoms with E-state index in [0.29, 0.717) is 0 Å². The van der Waals surface area contributed by atoms with Gasteiger partial charge >= 0.3 is 0 Å². The molecule has 0 aliphatic carbocycles. The predicted molar refractivity (Wildman–Crippen MR) is 99.8 cm³/mol. The van der Waals surface area contributed by atoms with Gasteiger partial charge in [-0.05, 0) is 36.2 Å². The zero-order chi connectivity index (χ0) is 16.9. The zero-order valence-electron chi connectivity index (χ0n) is 14.0. The molecule has 3 rings (SSSR count). The van der Waals surface area contributed by atoms with Crippen LogP contribution < -0.4 is 14.8 Å². The molecule has 124 valence electrons. The number of ether oxygens (including phenoxy) is 2. The highest BCUT2D eigenvalue weighted by molar-refractivity contribution is 7.14. The first kappa shape index (κ1) is 16.3. The Morgan fingerprint density at radius 1 is 1.04 bits per heavy atom. The Labute approximate surface area is 146 Å². The number of hydrogen-bond acceptors (Lipinski definition) is 5. The normalized spacial score (nSPS) is 10.5. The fourth-order valence-electron chi connectivity index (χ4n) is 2.41. The van der Waals surface area contributed by atoms with Crippen molar-refractivity contribution in [2.24, 2.45) is 0 Å². The molecule has 0 bridgehead atoms. The number of methoxy groups -OCH3 is 2. The van der Waals surface area contributed by atoms with Crippen molar-refractivity contribution in [2.45, 2.75) is 13.3 Å². The van der Waals surface area contributed by atoms with Crippen molar-refractivity contribution in [1.82, 2.24) is 4.98 Å². The van der Waals surface area contributed by atoms with Crippen LogP contribution in [0.1, 0.15) is 12.5 Å². The minimum absolute atomic E-state index is 0.749. The lowest BCUT2D eigenvalue weighted by Crippen LogP contribution is -1.92. The van der Waals surface area contributed by atoms with Gasteiger partial charge in [0.25, 0.3) is 0 Å². The van der Waals surface area contributed by atoms with Gasteiger partial charge < -0.3 is 14.8 Å². The molecule has 1 heterocycles. The van der Waals surface area contributed by atoms with E-state index in [1.807, 2.05) is 23.6 Å². The summed E-state index contributed by atoms with van der Waals surface area (Å²) in [6, 6.07) is 14.2. The number of aromatic nitrogens is 1. The van der Waals surface area contributed by atoms with E-state index in [1.165, 1.54) is 5.56 Å². The van der Waals surface area contributed by atoms with Crippen LogP contribution in [0.3, 0.4) is 0 Å². The summed E-state index contributed by atoms with van der Waals surface area (Å²) in [6.45, 7) is 2.15. The predicted octanol–water partition coefficient (Wildman–Crippen LogP) is 5.13. The molecule has 4 nitrogen and oxygen atoms in total. The lowest BCUT2D eigenvalue weighted by molar-refractivity contribution is 0.395. The van der Waals surface area contributed by atoms with Crippen molar-refractivity contribution in [3.63, 3.8) is 0 Å². The zero-order valence-corrected chi connectivity index (χ0v) is 14.8. The highest BCUT2D eigenvalue weighted by Crippen LogP contribution is 2.35. The highest BCUT2D eigenvalue weighted by atomic mass is 32.1. The second-order valence-electron chi connectivity index (χ2n) is 5.28. The van der Waals surface area contributed by atoms with Gasteiger partial charge in [0.2, 0.25) is 0 Å². The Bertz CT molecular complexity index is 812. The van der Waals surface area contributed by atoms with Crippen LogP contribution in [0.5, 0.6) is 11.5 Å². The van der Waals surface area contributed by atoms with Gasteiger partial charge in [-0.1, -0.05) is 19.1 Å². The Morgan fingerprint density at radius 2 is 1.83 bits per heavy atom. The number of hydrogen-bond donors (Lipinski definition) is 1. The molecule has 0 saturated heterocycles. The van der Waals surface area contributed by atoms with Gasteiger partial charge in [-0.2, -0.15) is 0 Å². The van der Waals surface area contributed by atoms with Gasteiger partial charge in [0.15, 0.2) is 5.13 Å². The van der Waals surface area contributed by atoms with Gasteiger partial charge in [-0.15, -0.1) is 11.3 Å². The van der Waals surface area contributed by atoms with Gasteiger partial charge in [0.1, 0.15) is 11.5 Å². The fraction of sp³-hybridized carbons (Fsp3) is 0.211. The molecule has 0 aliphatic rings. The first-order valence-electron chi connectivity index (χ1n) is 7.77. The average molecular weight is 340 g/mol. The molecule has 1 N–H and O–H groups in total. The molecule has 24 heavy (non-hydrogen) atoms. The van der Waals surface area contributed by atoms with Crippen molar-refractivity contribution in [3.8, 4) is 22.8 Å². The summed E-state index contributed by atoms with van der Waals surface area (Å²) in [4.78, 5) is 4.67. The van der Waals surface area contributed by atoms with Gasteiger partial charge in [0, 0.05) is 22.7 Å². The molecule has 0 unspecified atom stereocenters. The molecule has 0 radical (unpaired) electrons. The maximum absolute atomic E-state index is 5.46. The SMILES string of the molecule is CCc1ccc(Nc2nc(-c3ccc(OC)cc3OC)cs2)cc1. The number of benzene rings is 2. The lowest BCUT2D eigenvalue weighted by atomic mass is 10.1. The fourth-order valence-corrected chi connectivity index (χ4v) is 3.14. The third kappa shape index (κ3) is 3.51. The highest BCUT2D eigenvalue weighted by Gasteiger charge is 2.11. The quantitative estimate of drug-likeness (QED) is 0.675. The van der Waals surface area contributed by atoms with Crippen molar-refractivity contribution in [1.29, 1.82) is 0 Å². The molecule has 0 spiro atoms. The Kier molecular flexibility index (Phi) is 5.01. The van der Waals surface area contributed by atoms with E-state index in [2.05, 4.69) is 41.5 Å². The third-order valence-corrected chi connectivity index (χ3v) is 4.56. The minimum atomic E-state index is 0.749. The van der Waals surface area contributed by atoms with Crippen LogP contribution in [0.4, 0.5) is 10.8 Å². The van der Waals surface area contributed by atoms with E-state index in [9.17, 15) is 0 Å². The Balaban J connectivity index is 1.82. The van der Waals surface area contributed by atoms with Crippen LogP contribution in [-0.4, -0.2) is 19.2 Å². The summed E-state index contributed by atoms with van der Waals surface area (Å²) < 4.78 is 10.7. The molecule has 1 aromatic heterocycles. The number of aryl methyl sites for hydroxylation is 1. The van der Waals surface area contributed by atoms with Crippen LogP contribution in [-0.2, 0) is 6.42 Å². The van der Waals surface area contributed by atoms with Crippen molar-refractivity contribution in [3.05, 3.63) is 53.4 Å². The summed E-state index contributed by atoms with van der Waals surface area (Å²) in [5.74, 6) is 1.51. The van der Waals surface area contributed by atoms with Crippen LogP contribution in [0.2, 0.25) is 0 Å². The standard InChI is InChI=1S/C19H20N2O2S/c1-4-13-5-7-14(8-6-13)20-19-21-17(12-24-19)16-10-9-15(22-2)11-18(16)23-3/h5-12H,4H2,1-3H3,(H,20,21). The smallest absolute Gasteiger partial charge is 0.187 e. The first-order valence-corrected chi connectivity index (χ1v) is 8.65. The minimum Gasteiger partial charge on any atom is -0.497 e. The second-order valence-corrected chi connectivity index (χ2v) is 6.14. The van der Waals surface area contributed by atoms with E-state index >= 15 is 0 Å². The largest absolute Gasteiger partial charge is 0.497 e. The van der Waals surface area contributed by atoms with Crippen LogP contribution >= 0.6 is 11.3 Å². The second kappa shape index (κ2) is 7.36. The number of anilines is 2. The van der Waals surface area contributed by atoms with E-state index in [4.69, 9.17) is 9.47 Å². The number of nitrogens with one attached hydrogen (secondary N) is 1. The molecule has 5 heteroatoms. The van der Waals surface area contributed by atoms with E-state index in [0.717, 1.165) is 40.0 Å². The van der Waals surface area contributed by atoms with Gasteiger partial charge in [0.05, 0.1) is 19.9 Å². The molecule has 0 saturated carbocycles. The molecule has 0 fully saturated rings. The maximum Gasteiger partial charge on any atom is 0.187 e. The van der Waals surface area contributed by atoms with Gasteiger partial charge in [-0.25, -0.2) is 4.98 Å². The van der Waals surface area contributed by atoms with Crippen molar-refractivity contribution >= 4 is 22.2 Å². The molecule has 3 aromatic rings. The van der Waals surface area contributed by atoms with Crippen LogP contribution in [0.15, 0.2) is 47.8 Å². The van der Waals surface area contributed by atoms with Gasteiger partial charge in [-0.3, -0.25) is 0 Å². The monoisotopic (exact) mass is 340 g/mol. The molecule has 2 aromatic carbocycles. The Hall–Kier alpha value is -2.53. The molecular weight excluding hydrogens is 320 g/mol. The topological polar surface area (TPSA) is 43.4 Å². The summed E-state index contributed by atoms with van der Waals surface area (Å²) in [6.07, 6.45) is 1.04. The summed E-state index contributed by atoms with van der Waals surface area (Å²) >= 11 is 1.57. The summed E-state index contributed by atoms with van der Waals surface area (Å²) in [7, 11) is 3.29. The van der Waals surface area contributed by atoms with Crippen LogP contribution in [0, 0.1) is 0 Å². The van der Waals surface area contributed by atoms with Crippen molar-refractivity contribution < 1.29 is 9.47 Å². The third-order valence-electron chi connectivity index (χ3n) is 3.80. The number of rotatable bonds is 6. The molecular formula is C19H20N2O2S. The lowest BCUT2D eigenvalue weighted by Gasteiger charge is -2.08. The Morgan fingerprint density at radius 3 is 2.50 bits per heavy atom. The number of nitrogens with zero attached hydrogens (tertiary/aromatic N) is 1. The molecule has 0 aliphatic heterocycles. The number of thiazole rings is 1. The summed E-state index contributed by atoms with van der Waals surface area (Å²) in [5.41, 5.74) is 4.19. The van der Waals surface area contributed by atoms with E-state index in [1.54, 1.807) is 25.6 Å². The molecule has 0 amide bonds. The van der Waals surface area contributed by atoms with E-state index < -0.39 is 0 Å². The van der Waals surface area contributed by atoms with Crippen LogP contribution in [0.25, 0.3) is 11.3 Å². The summed E-state index contributed by atoms with van der Waals surface area (Å²) in [5, 5.41) is 6.22. The van der Waals surface area contributed by atoms with Crippen molar-refractivity contribution in [2.75, 3.05) is 19.5 Å². The molecule has 0 atom stereocenters. The maximum atomic E-state index is 5.46.